The van der Waals surface area contributed by atoms with Crippen molar-refractivity contribution in [2.24, 2.45) is 0 Å². The highest BCUT2D eigenvalue weighted by atomic mass is 35.5. The second-order valence-electron chi connectivity index (χ2n) is 4.89. The van der Waals surface area contributed by atoms with Gasteiger partial charge in [-0.2, -0.15) is 0 Å². The van der Waals surface area contributed by atoms with E-state index in [4.69, 9.17) is 23.2 Å². The maximum Gasteiger partial charge on any atom is 0.257 e. The molecule has 0 saturated carbocycles. The summed E-state index contributed by atoms with van der Waals surface area (Å²) in [5.74, 6) is -0.408. The first kappa shape index (κ1) is 17.7. The van der Waals surface area contributed by atoms with Gasteiger partial charge in [-0.3, -0.25) is 4.79 Å². The zero-order valence-electron chi connectivity index (χ0n) is 12.4. The van der Waals surface area contributed by atoms with Crippen molar-refractivity contribution >= 4 is 44.8 Å². The summed E-state index contributed by atoms with van der Waals surface area (Å²) < 4.78 is 25.1. The second kappa shape index (κ2) is 6.88. The van der Waals surface area contributed by atoms with Crippen molar-refractivity contribution in [3.63, 3.8) is 0 Å². The Labute approximate surface area is 144 Å². The average Bonchev–Trinajstić information content (AvgIpc) is 2.47. The van der Waals surface area contributed by atoms with Crippen LogP contribution in [0.2, 0.25) is 10.0 Å². The minimum Gasteiger partial charge on any atom is -0.322 e. The van der Waals surface area contributed by atoms with E-state index in [2.05, 4.69) is 5.32 Å². The highest BCUT2D eigenvalue weighted by Gasteiger charge is 2.17. The average molecular weight is 373 g/mol. The maximum atomic E-state index is 12.2. The van der Waals surface area contributed by atoms with Crippen molar-refractivity contribution in [1.29, 1.82) is 0 Å². The van der Waals surface area contributed by atoms with E-state index < -0.39 is 15.9 Å². The van der Waals surface area contributed by atoms with Gasteiger partial charge in [0.15, 0.2) is 0 Å². The Balaban J connectivity index is 2.20. The number of nitrogens with one attached hydrogen (secondary N) is 1. The van der Waals surface area contributed by atoms with Gasteiger partial charge in [-0.05, 0) is 42.5 Å². The number of nitrogens with zero attached hydrogens (tertiary/aromatic N) is 1. The van der Waals surface area contributed by atoms with E-state index in [1.165, 1.54) is 50.5 Å². The predicted molar refractivity (Wildman–Crippen MR) is 91.7 cm³/mol. The molecule has 1 amide bonds. The first-order chi connectivity index (χ1) is 10.7. The molecule has 2 aromatic carbocycles. The third-order valence-corrected chi connectivity index (χ3v) is 5.44. The number of carbonyl (C=O) groups excluding carboxylic acids is 1. The number of benzene rings is 2. The number of halogens is 2. The fourth-order valence-electron chi connectivity index (χ4n) is 1.79. The van der Waals surface area contributed by atoms with Crippen LogP contribution in [0.25, 0.3) is 0 Å². The minimum absolute atomic E-state index is 0.144. The molecule has 0 aromatic heterocycles. The molecule has 2 aromatic rings. The van der Waals surface area contributed by atoms with Crippen molar-refractivity contribution in [3.8, 4) is 0 Å². The molecule has 0 unspecified atom stereocenters. The lowest BCUT2D eigenvalue weighted by atomic mass is 10.2. The number of anilines is 1. The molecule has 2 rings (SSSR count). The first-order valence-corrected chi connectivity index (χ1v) is 8.70. The highest BCUT2D eigenvalue weighted by Crippen LogP contribution is 2.22. The van der Waals surface area contributed by atoms with Crippen LogP contribution < -0.4 is 5.32 Å². The van der Waals surface area contributed by atoms with Crippen LogP contribution >= 0.6 is 23.2 Å². The highest BCUT2D eigenvalue weighted by molar-refractivity contribution is 7.89. The summed E-state index contributed by atoms with van der Waals surface area (Å²) in [7, 11) is -0.597. The molecule has 0 bridgehead atoms. The van der Waals surface area contributed by atoms with E-state index in [9.17, 15) is 13.2 Å². The molecule has 0 heterocycles. The predicted octanol–water partition coefficient (Wildman–Crippen LogP) is 3.50. The number of rotatable bonds is 4. The first-order valence-electron chi connectivity index (χ1n) is 6.51. The Kier molecular flexibility index (Phi) is 5.31. The summed E-state index contributed by atoms with van der Waals surface area (Å²) >= 11 is 11.8. The van der Waals surface area contributed by atoms with Gasteiger partial charge in [0, 0.05) is 24.8 Å². The second-order valence-corrected chi connectivity index (χ2v) is 7.89. The van der Waals surface area contributed by atoms with E-state index in [0.717, 1.165) is 4.31 Å². The minimum atomic E-state index is -3.50. The van der Waals surface area contributed by atoms with Gasteiger partial charge in [-0.25, -0.2) is 12.7 Å². The number of sulfonamides is 1. The zero-order chi connectivity index (χ0) is 17.2. The monoisotopic (exact) mass is 372 g/mol. The third kappa shape index (κ3) is 4.03. The van der Waals surface area contributed by atoms with Crippen LogP contribution in [0, 0.1) is 0 Å². The van der Waals surface area contributed by atoms with Gasteiger partial charge < -0.3 is 5.32 Å². The number of hydrogen-bond acceptors (Lipinski definition) is 3. The van der Waals surface area contributed by atoms with Crippen molar-refractivity contribution in [2.45, 2.75) is 4.90 Å². The molecule has 0 saturated heterocycles. The molecule has 1 N–H and O–H groups in total. The van der Waals surface area contributed by atoms with Crippen LogP contribution in [0.5, 0.6) is 0 Å². The lowest BCUT2D eigenvalue weighted by molar-refractivity contribution is 0.102. The van der Waals surface area contributed by atoms with E-state index in [-0.39, 0.29) is 15.5 Å². The normalized spacial score (nSPS) is 11.5. The van der Waals surface area contributed by atoms with Gasteiger partial charge in [-0.1, -0.05) is 23.2 Å². The maximum absolute atomic E-state index is 12.2. The Morgan fingerprint density at radius 3 is 2.17 bits per heavy atom. The van der Waals surface area contributed by atoms with Crippen LogP contribution in [0.1, 0.15) is 10.4 Å². The standard InChI is InChI=1S/C15H14Cl2N2O3S/c1-19(2)23(21,22)12-6-4-11(5-7-12)18-15(20)13-8-3-10(16)9-14(13)17/h3-9H,1-2H3,(H,18,20). The van der Waals surface area contributed by atoms with Crippen LogP contribution in [0.15, 0.2) is 47.4 Å². The van der Waals surface area contributed by atoms with Crippen LogP contribution in [0.4, 0.5) is 5.69 Å². The molecule has 0 aliphatic carbocycles. The van der Waals surface area contributed by atoms with E-state index >= 15 is 0 Å². The number of hydrogen-bond donors (Lipinski definition) is 1. The van der Waals surface area contributed by atoms with Gasteiger partial charge in [0.1, 0.15) is 0 Å². The Morgan fingerprint density at radius 1 is 1.04 bits per heavy atom. The topological polar surface area (TPSA) is 66.5 Å². The molecule has 0 spiro atoms. The van der Waals surface area contributed by atoms with Crippen LogP contribution in [-0.2, 0) is 10.0 Å². The molecular weight excluding hydrogens is 359 g/mol. The van der Waals surface area contributed by atoms with E-state index in [1.54, 1.807) is 6.07 Å². The third-order valence-electron chi connectivity index (χ3n) is 3.07. The van der Waals surface area contributed by atoms with Gasteiger partial charge in [0.05, 0.1) is 15.5 Å². The lowest BCUT2D eigenvalue weighted by Crippen LogP contribution is -2.22. The fourth-order valence-corrected chi connectivity index (χ4v) is 3.19. The van der Waals surface area contributed by atoms with Gasteiger partial charge >= 0.3 is 0 Å². The largest absolute Gasteiger partial charge is 0.322 e. The molecule has 0 fully saturated rings. The molecule has 0 aliphatic rings. The molecule has 8 heteroatoms. The van der Waals surface area contributed by atoms with Crippen molar-refractivity contribution in [3.05, 3.63) is 58.1 Å². The summed E-state index contributed by atoms with van der Waals surface area (Å²) in [5.41, 5.74) is 0.736. The molecule has 23 heavy (non-hydrogen) atoms. The smallest absolute Gasteiger partial charge is 0.257 e. The Hall–Kier alpha value is -1.60. The summed E-state index contributed by atoms with van der Waals surface area (Å²) in [4.78, 5) is 12.3. The summed E-state index contributed by atoms with van der Waals surface area (Å²) in [6.45, 7) is 0. The van der Waals surface area contributed by atoms with Crippen molar-refractivity contribution in [2.75, 3.05) is 19.4 Å². The SMILES string of the molecule is CN(C)S(=O)(=O)c1ccc(NC(=O)c2ccc(Cl)cc2Cl)cc1. The molecule has 0 atom stereocenters. The number of carbonyl (C=O) groups is 1. The van der Waals surface area contributed by atoms with Gasteiger partial charge in [0.25, 0.3) is 5.91 Å². The fraction of sp³-hybridized carbons (Fsp3) is 0.133. The van der Waals surface area contributed by atoms with Gasteiger partial charge in [-0.15, -0.1) is 0 Å². The van der Waals surface area contributed by atoms with E-state index in [1.807, 2.05) is 0 Å². The molecule has 122 valence electrons. The summed E-state index contributed by atoms with van der Waals surface area (Å²) in [6, 6.07) is 10.4. The van der Waals surface area contributed by atoms with E-state index in [0.29, 0.717) is 10.7 Å². The molecular formula is C15H14Cl2N2O3S. The lowest BCUT2D eigenvalue weighted by Gasteiger charge is -2.12. The summed E-state index contributed by atoms with van der Waals surface area (Å²) in [5, 5.41) is 3.32. The van der Waals surface area contributed by atoms with Crippen molar-refractivity contribution in [1.82, 2.24) is 4.31 Å². The zero-order valence-corrected chi connectivity index (χ0v) is 14.7. The Morgan fingerprint density at radius 2 is 1.65 bits per heavy atom. The number of amides is 1. The Bertz CT molecular complexity index is 834. The van der Waals surface area contributed by atoms with Crippen LogP contribution in [-0.4, -0.2) is 32.7 Å². The van der Waals surface area contributed by atoms with Crippen LogP contribution in [0.3, 0.4) is 0 Å². The molecule has 0 aliphatic heterocycles. The summed E-state index contributed by atoms with van der Waals surface area (Å²) in [6.07, 6.45) is 0. The van der Waals surface area contributed by atoms with Gasteiger partial charge in [0.2, 0.25) is 10.0 Å². The quantitative estimate of drug-likeness (QED) is 0.892. The molecule has 0 radical (unpaired) electrons. The van der Waals surface area contributed by atoms with Crippen molar-refractivity contribution < 1.29 is 13.2 Å². The molecule has 5 nitrogen and oxygen atoms in total.